The number of hydrogen-bond donors (Lipinski definition) is 2. The Bertz CT molecular complexity index is 913. The molecule has 1 saturated carbocycles. The highest BCUT2D eigenvalue weighted by Gasteiger charge is 2.32. The normalized spacial score (nSPS) is 18.7. The van der Waals surface area contributed by atoms with Crippen molar-refractivity contribution in [3.63, 3.8) is 0 Å². The maximum Gasteiger partial charge on any atom is 0.242 e. The standard InChI is InChI=1S/C20H20FN3O3/c1-11-17(18(24-27-11)13-4-6-15(21)7-5-13)19(25)14-8-16(22-10-14)20(26)23-9-12-2-3-12/h4-7,10,12,16,22H,2-3,8-9H2,1H3,(H,23,26). The lowest BCUT2D eigenvalue weighted by molar-refractivity contribution is -0.122. The number of benzene rings is 1. The van der Waals surface area contributed by atoms with Crippen molar-refractivity contribution < 1.29 is 18.5 Å². The van der Waals surface area contributed by atoms with E-state index in [2.05, 4.69) is 15.8 Å². The number of rotatable bonds is 6. The fourth-order valence-electron chi connectivity index (χ4n) is 3.16. The van der Waals surface area contributed by atoms with E-state index in [1.54, 1.807) is 25.3 Å². The number of nitrogens with zero attached hydrogens (tertiary/aromatic N) is 1. The highest BCUT2D eigenvalue weighted by Crippen LogP contribution is 2.30. The second-order valence-electron chi connectivity index (χ2n) is 7.08. The molecule has 2 aromatic rings. The summed E-state index contributed by atoms with van der Waals surface area (Å²) in [5, 5.41) is 9.88. The summed E-state index contributed by atoms with van der Waals surface area (Å²) < 4.78 is 18.4. The summed E-state index contributed by atoms with van der Waals surface area (Å²) >= 11 is 0. The van der Waals surface area contributed by atoms with E-state index in [-0.39, 0.29) is 17.5 Å². The van der Waals surface area contributed by atoms with E-state index >= 15 is 0 Å². The van der Waals surface area contributed by atoms with Gasteiger partial charge in [-0.05, 0) is 49.9 Å². The molecule has 1 aromatic carbocycles. The molecule has 7 heteroatoms. The first kappa shape index (κ1) is 17.5. The van der Waals surface area contributed by atoms with Crippen LogP contribution in [0, 0.1) is 18.7 Å². The van der Waals surface area contributed by atoms with Crippen LogP contribution >= 0.6 is 0 Å². The Morgan fingerprint density at radius 3 is 2.74 bits per heavy atom. The zero-order chi connectivity index (χ0) is 19.0. The molecule has 0 spiro atoms. The number of carbonyl (C=O) groups is 2. The van der Waals surface area contributed by atoms with Crippen molar-refractivity contribution in [2.45, 2.75) is 32.2 Å². The third-order valence-corrected chi connectivity index (χ3v) is 4.96. The number of carbonyl (C=O) groups excluding carboxylic acids is 2. The van der Waals surface area contributed by atoms with E-state index < -0.39 is 6.04 Å². The van der Waals surface area contributed by atoms with Gasteiger partial charge in [-0.2, -0.15) is 0 Å². The van der Waals surface area contributed by atoms with Crippen LogP contribution < -0.4 is 10.6 Å². The van der Waals surface area contributed by atoms with Crippen LogP contribution in [0.1, 0.15) is 35.4 Å². The van der Waals surface area contributed by atoms with Crippen LogP contribution in [0.15, 0.2) is 40.6 Å². The molecule has 1 aliphatic carbocycles. The zero-order valence-corrected chi connectivity index (χ0v) is 14.9. The van der Waals surface area contributed by atoms with Crippen molar-refractivity contribution in [1.82, 2.24) is 15.8 Å². The first-order valence-corrected chi connectivity index (χ1v) is 9.02. The van der Waals surface area contributed by atoms with Crippen molar-refractivity contribution in [2.75, 3.05) is 6.54 Å². The van der Waals surface area contributed by atoms with E-state index in [1.165, 1.54) is 25.0 Å². The smallest absolute Gasteiger partial charge is 0.242 e. The molecule has 27 heavy (non-hydrogen) atoms. The van der Waals surface area contributed by atoms with Gasteiger partial charge >= 0.3 is 0 Å². The Hall–Kier alpha value is -2.96. The number of halogens is 1. The van der Waals surface area contributed by atoms with Crippen molar-refractivity contribution in [3.05, 3.63) is 53.2 Å². The van der Waals surface area contributed by atoms with Crippen molar-refractivity contribution in [3.8, 4) is 11.3 Å². The number of ketones is 1. The fourth-order valence-corrected chi connectivity index (χ4v) is 3.16. The van der Waals surface area contributed by atoms with Gasteiger partial charge < -0.3 is 15.2 Å². The van der Waals surface area contributed by atoms with Crippen molar-refractivity contribution in [2.24, 2.45) is 5.92 Å². The molecule has 2 heterocycles. The van der Waals surface area contributed by atoms with Crippen LogP contribution in [0.3, 0.4) is 0 Å². The molecule has 140 valence electrons. The number of aryl methyl sites for hydroxylation is 1. The van der Waals surface area contributed by atoms with Gasteiger partial charge in [0.1, 0.15) is 23.3 Å². The summed E-state index contributed by atoms with van der Waals surface area (Å²) in [4.78, 5) is 25.3. The molecule has 1 amide bonds. The average Bonchev–Trinajstić information content (AvgIpc) is 3.21. The van der Waals surface area contributed by atoms with E-state index in [4.69, 9.17) is 4.52 Å². The van der Waals surface area contributed by atoms with Crippen LogP contribution in [-0.4, -0.2) is 29.4 Å². The SMILES string of the molecule is Cc1onc(-c2ccc(F)cc2)c1C(=O)C1=CNC(C(=O)NCC2CC2)C1. The summed E-state index contributed by atoms with van der Waals surface area (Å²) in [6, 6.07) is 5.28. The summed E-state index contributed by atoms with van der Waals surface area (Å²) in [5.41, 5.74) is 1.81. The second kappa shape index (κ2) is 6.98. The predicted molar refractivity (Wildman–Crippen MR) is 96.3 cm³/mol. The van der Waals surface area contributed by atoms with E-state index in [0.717, 1.165) is 0 Å². The Labute approximate surface area is 155 Å². The Morgan fingerprint density at radius 1 is 1.30 bits per heavy atom. The van der Waals surface area contributed by atoms with Gasteiger partial charge in [0, 0.05) is 30.3 Å². The van der Waals surface area contributed by atoms with Gasteiger partial charge in [0.2, 0.25) is 5.91 Å². The summed E-state index contributed by atoms with van der Waals surface area (Å²) in [5.74, 6) is 0.290. The van der Waals surface area contributed by atoms with Crippen LogP contribution in [0.4, 0.5) is 4.39 Å². The van der Waals surface area contributed by atoms with E-state index in [0.29, 0.717) is 47.0 Å². The quantitative estimate of drug-likeness (QED) is 0.765. The molecular formula is C20H20FN3O3. The third-order valence-electron chi connectivity index (χ3n) is 4.96. The van der Waals surface area contributed by atoms with Gasteiger partial charge in [-0.1, -0.05) is 5.16 Å². The minimum atomic E-state index is -0.447. The molecular weight excluding hydrogens is 349 g/mol. The number of aromatic nitrogens is 1. The van der Waals surface area contributed by atoms with Gasteiger partial charge in [0.15, 0.2) is 5.78 Å². The van der Waals surface area contributed by atoms with Gasteiger partial charge in [-0.3, -0.25) is 9.59 Å². The first-order valence-electron chi connectivity index (χ1n) is 9.02. The largest absolute Gasteiger partial charge is 0.379 e. The monoisotopic (exact) mass is 369 g/mol. The lowest BCUT2D eigenvalue weighted by atomic mass is 9.96. The molecule has 1 aromatic heterocycles. The number of nitrogens with one attached hydrogen (secondary N) is 2. The number of Topliss-reactive ketones (excluding diaryl/α,β-unsaturated/α-hetero) is 1. The minimum Gasteiger partial charge on any atom is -0.379 e. The molecule has 1 unspecified atom stereocenters. The van der Waals surface area contributed by atoms with Crippen LogP contribution in [0.2, 0.25) is 0 Å². The maximum atomic E-state index is 13.2. The second-order valence-corrected chi connectivity index (χ2v) is 7.08. The fraction of sp³-hybridized carbons (Fsp3) is 0.350. The highest BCUT2D eigenvalue weighted by molar-refractivity contribution is 6.13. The van der Waals surface area contributed by atoms with E-state index in [9.17, 15) is 14.0 Å². The Balaban J connectivity index is 1.49. The minimum absolute atomic E-state index is 0.0956. The van der Waals surface area contributed by atoms with Crippen LogP contribution in [-0.2, 0) is 4.79 Å². The zero-order valence-electron chi connectivity index (χ0n) is 14.9. The van der Waals surface area contributed by atoms with Crippen molar-refractivity contribution >= 4 is 11.7 Å². The molecule has 0 saturated heterocycles. The van der Waals surface area contributed by atoms with Gasteiger partial charge in [0.05, 0.1) is 5.56 Å². The van der Waals surface area contributed by atoms with Crippen LogP contribution in [0.25, 0.3) is 11.3 Å². The first-order chi connectivity index (χ1) is 13.0. The molecule has 1 fully saturated rings. The molecule has 1 atom stereocenters. The molecule has 2 aliphatic rings. The molecule has 1 aliphatic heterocycles. The van der Waals surface area contributed by atoms with Gasteiger partial charge in [-0.15, -0.1) is 0 Å². The summed E-state index contributed by atoms with van der Waals surface area (Å²) in [6.45, 7) is 2.36. The molecule has 2 N–H and O–H groups in total. The predicted octanol–water partition coefficient (Wildman–Crippen LogP) is 2.74. The van der Waals surface area contributed by atoms with Crippen molar-refractivity contribution in [1.29, 1.82) is 0 Å². The van der Waals surface area contributed by atoms with E-state index in [1.807, 2.05) is 0 Å². The third kappa shape index (κ3) is 3.63. The number of hydrogen-bond acceptors (Lipinski definition) is 5. The Kier molecular flexibility index (Phi) is 4.51. The lowest BCUT2D eigenvalue weighted by Gasteiger charge is -2.11. The molecule has 4 rings (SSSR count). The summed E-state index contributed by atoms with van der Waals surface area (Å²) in [6.07, 6.45) is 4.23. The number of amides is 1. The highest BCUT2D eigenvalue weighted by atomic mass is 19.1. The molecule has 6 nitrogen and oxygen atoms in total. The average molecular weight is 369 g/mol. The lowest BCUT2D eigenvalue weighted by Crippen LogP contribution is -2.40. The topological polar surface area (TPSA) is 84.2 Å². The molecule has 0 radical (unpaired) electrons. The Morgan fingerprint density at radius 2 is 2.04 bits per heavy atom. The van der Waals surface area contributed by atoms with Crippen LogP contribution in [0.5, 0.6) is 0 Å². The maximum absolute atomic E-state index is 13.2. The van der Waals surface area contributed by atoms with Gasteiger partial charge in [0.25, 0.3) is 0 Å². The molecule has 0 bridgehead atoms. The van der Waals surface area contributed by atoms with Gasteiger partial charge in [-0.25, -0.2) is 4.39 Å². The summed E-state index contributed by atoms with van der Waals surface area (Å²) in [7, 11) is 0.